The van der Waals surface area contributed by atoms with E-state index < -0.39 is 0 Å². The number of nitrogens with one attached hydrogen (secondary N) is 1. The number of nitrogens with zero attached hydrogens (tertiary/aromatic N) is 2. The van der Waals surface area contributed by atoms with Gasteiger partial charge in [-0.1, -0.05) is 41.7 Å². The second-order valence-electron chi connectivity index (χ2n) is 5.24. The van der Waals surface area contributed by atoms with Gasteiger partial charge in [0.15, 0.2) is 10.9 Å². The molecular weight excluding hydrogens is 346 g/mol. The van der Waals surface area contributed by atoms with Crippen LogP contribution < -0.4 is 5.32 Å². The summed E-state index contributed by atoms with van der Waals surface area (Å²) in [6, 6.07) is 9.36. The zero-order chi connectivity index (χ0) is 17.1. The number of thioether (sulfide) groups is 1. The highest BCUT2D eigenvalue weighted by molar-refractivity contribution is 8.00. The first kappa shape index (κ1) is 16.7. The maximum Gasteiger partial charge on any atom is 0.245 e. The number of benzene rings is 1. The van der Waals surface area contributed by atoms with E-state index in [9.17, 15) is 14.4 Å². The van der Waals surface area contributed by atoms with Crippen LogP contribution in [0.1, 0.15) is 16.6 Å². The normalized spacial score (nSPS) is 14.0. The third kappa shape index (κ3) is 3.65. The number of ketones is 1. The molecule has 0 radical (unpaired) electrons. The number of carbonyl (C=O) groups excluding carboxylic acids is 3. The molecule has 8 heteroatoms. The van der Waals surface area contributed by atoms with Crippen molar-refractivity contribution < 1.29 is 14.4 Å². The van der Waals surface area contributed by atoms with Crippen molar-refractivity contribution in [2.75, 3.05) is 23.5 Å². The van der Waals surface area contributed by atoms with E-state index >= 15 is 0 Å². The molecule has 0 atom stereocenters. The molecule has 1 N–H and O–H groups in total. The lowest BCUT2D eigenvalue weighted by Gasteiger charge is -2.12. The van der Waals surface area contributed by atoms with Crippen molar-refractivity contribution in [1.82, 2.24) is 9.88 Å². The molecule has 0 bridgehead atoms. The maximum atomic E-state index is 12.1. The van der Waals surface area contributed by atoms with E-state index in [-0.39, 0.29) is 24.1 Å². The average molecular weight is 361 g/mol. The number of thiazole rings is 1. The van der Waals surface area contributed by atoms with Crippen LogP contribution in [0.4, 0.5) is 5.13 Å². The second-order valence-corrected chi connectivity index (χ2v) is 7.19. The summed E-state index contributed by atoms with van der Waals surface area (Å²) in [5.74, 6) is 0.492. The topological polar surface area (TPSA) is 79.4 Å². The van der Waals surface area contributed by atoms with Crippen LogP contribution in [0.2, 0.25) is 0 Å². The number of carbonyl (C=O) groups is 3. The molecule has 0 spiro atoms. The van der Waals surface area contributed by atoms with E-state index in [1.54, 1.807) is 0 Å². The monoisotopic (exact) mass is 361 g/mol. The molecule has 1 fully saturated rings. The van der Waals surface area contributed by atoms with Crippen LogP contribution in [0.15, 0.2) is 30.3 Å². The number of rotatable bonds is 5. The quantitative estimate of drug-likeness (QED) is 0.828. The van der Waals surface area contributed by atoms with Gasteiger partial charge in [0.1, 0.15) is 6.54 Å². The number of hydrogen-bond donors (Lipinski definition) is 1. The van der Waals surface area contributed by atoms with Gasteiger partial charge >= 0.3 is 0 Å². The van der Waals surface area contributed by atoms with Crippen LogP contribution in [0.25, 0.3) is 11.3 Å². The van der Waals surface area contributed by atoms with E-state index in [4.69, 9.17) is 0 Å². The van der Waals surface area contributed by atoms with Gasteiger partial charge in [0.25, 0.3) is 0 Å². The molecule has 1 aromatic heterocycles. The summed E-state index contributed by atoms with van der Waals surface area (Å²) in [5.41, 5.74) is 1.39. The molecule has 24 heavy (non-hydrogen) atoms. The van der Waals surface area contributed by atoms with Crippen molar-refractivity contribution in [1.29, 1.82) is 0 Å². The van der Waals surface area contributed by atoms with Crippen LogP contribution in [0.3, 0.4) is 0 Å². The Bertz CT molecular complexity index is 789. The van der Waals surface area contributed by atoms with Gasteiger partial charge in [-0.2, -0.15) is 0 Å². The van der Waals surface area contributed by atoms with E-state index in [0.717, 1.165) is 16.9 Å². The highest BCUT2D eigenvalue weighted by atomic mass is 32.2. The third-order valence-corrected chi connectivity index (χ3v) is 5.42. The van der Waals surface area contributed by atoms with Crippen molar-refractivity contribution in [3.8, 4) is 11.3 Å². The lowest BCUT2D eigenvalue weighted by atomic mass is 10.1. The van der Waals surface area contributed by atoms with E-state index in [2.05, 4.69) is 10.3 Å². The minimum atomic E-state index is -0.311. The minimum Gasteiger partial charge on any atom is -0.323 e. The standard InChI is InChI=1S/C16H15N3O3S2/c1-10(20)15-14(11-5-3-2-4-6-11)18-16(24-15)17-12(21)7-19-9-23-8-13(19)22/h2-6H,7-9H2,1H3,(H,17,18,21). The largest absolute Gasteiger partial charge is 0.323 e. The number of hydrogen-bond acceptors (Lipinski definition) is 6. The Morgan fingerprint density at radius 3 is 2.67 bits per heavy atom. The fourth-order valence-corrected chi connectivity index (χ4v) is 4.08. The molecular formula is C16H15N3O3S2. The van der Waals surface area contributed by atoms with Crippen LogP contribution in [0, 0.1) is 0 Å². The van der Waals surface area contributed by atoms with Gasteiger partial charge in [-0.05, 0) is 0 Å². The first-order chi connectivity index (χ1) is 11.5. The SMILES string of the molecule is CC(=O)c1sc(NC(=O)CN2CSCC2=O)nc1-c1ccccc1. The number of Topliss-reactive ketones (excluding diaryl/α,β-unsaturated/α-hetero) is 1. The zero-order valence-corrected chi connectivity index (χ0v) is 14.6. The predicted molar refractivity (Wildman–Crippen MR) is 95.2 cm³/mol. The molecule has 1 aliphatic heterocycles. The highest BCUT2D eigenvalue weighted by Crippen LogP contribution is 2.31. The Morgan fingerprint density at radius 1 is 1.29 bits per heavy atom. The first-order valence-electron chi connectivity index (χ1n) is 7.27. The molecule has 0 saturated carbocycles. The van der Waals surface area contributed by atoms with Gasteiger partial charge in [-0.25, -0.2) is 4.98 Å². The Balaban J connectivity index is 1.78. The molecule has 2 heterocycles. The second kappa shape index (κ2) is 7.14. The Kier molecular flexibility index (Phi) is 4.96. The van der Waals surface area contributed by atoms with Crippen molar-refractivity contribution >= 4 is 45.8 Å². The van der Waals surface area contributed by atoms with Crippen molar-refractivity contribution in [3.63, 3.8) is 0 Å². The smallest absolute Gasteiger partial charge is 0.245 e. The third-order valence-electron chi connectivity index (χ3n) is 3.40. The van der Waals surface area contributed by atoms with Crippen LogP contribution in [-0.2, 0) is 9.59 Å². The van der Waals surface area contributed by atoms with Gasteiger partial charge in [-0.3, -0.25) is 14.4 Å². The number of aromatic nitrogens is 1. The first-order valence-corrected chi connectivity index (χ1v) is 9.24. The fourth-order valence-electron chi connectivity index (χ4n) is 2.28. The van der Waals surface area contributed by atoms with Gasteiger partial charge in [-0.15, -0.1) is 11.8 Å². The molecule has 2 aromatic rings. The summed E-state index contributed by atoms with van der Waals surface area (Å²) < 4.78 is 0. The summed E-state index contributed by atoms with van der Waals surface area (Å²) in [5, 5.41) is 3.05. The maximum absolute atomic E-state index is 12.1. The van der Waals surface area contributed by atoms with Crippen LogP contribution in [0.5, 0.6) is 0 Å². The summed E-state index contributed by atoms with van der Waals surface area (Å²) >= 11 is 2.63. The molecule has 0 unspecified atom stereocenters. The lowest BCUT2D eigenvalue weighted by molar-refractivity contribution is -0.130. The molecule has 124 valence electrons. The summed E-state index contributed by atoms with van der Waals surface area (Å²) in [6.45, 7) is 1.48. The molecule has 3 rings (SSSR count). The molecule has 6 nitrogen and oxygen atoms in total. The number of anilines is 1. The van der Waals surface area contributed by atoms with E-state index in [1.165, 1.54) is 23.6 Å². The number of amides is 2. The Morgan fingerprint density at radius 2 is 2.04 bits per heavy atom. The highest BCUT2D eigenvalue weighted by Gasteiger charge is 2.24. The van der Waals surface area contributed by atoms with Crippen molar-refractivity contribution in [2.24, 2.45) is 0 Å². The molecule has 1 aromatic carbocycles. The van der Waals surface area contributed by atoms with E-state index in [0.29, 0.717) is 27.3 Å². The van der Waals surface area contributed by atoms with Crippen LogP contribution >= 0.6 is 23.1 Å². The molecule has 1 aliphatic rings. The fraction of sp³-hybridized carbons (Fsp3) is 0.250. The van der Waals surface area contributed by atoms with Crippen molar-refractivity contribution in [3.05, 3.63) is 35.2 Å². The van der Waals surface area contributed by atoms with Gasteiger partial charge in [0.05, 0.1) is 22.2 Å². The van der Waals surface area contributed by atoms with Crippen molar-refractivity contribution in [2.45, 2.75) is 6.92 Å². The summed E-state index contributed by atoms with van der Waals surface area (Å²) in [6.07, 6.45) is 0. The predicted octanol–water partition coefficient (Wildman–Crippen LogP) is 2.48. The average Bonchev–Trinajstić information content (AvgIpc) is 3.15. The summed E-state index contributed by atoms with van der Waals surface area (Å²) in [4.78, 5) is 41.9. The molecule has 2 amide bonds. The van der Waals surface area contributed by atoms with Crippen LogP contribution in [-0.4, -0.2) is 45.7 Å². The Labute approximate surface area is 147 Å². The lowest BCUT2D eigenvalue weighted by Crippen LogP contribution is -2.34. The van der Waals surface area contributed by atoms with Gasteiger partial charge < -0.3 is 10.2 Å². The molecule has 1 saturated heterocycles. The Hall–Kier alpha value is -2.19. The summed E-state index contributed by atoms with van der Waals surface area (Å²) in [7, 11) is 0. The van der Waals surface area contributed by atoms with Gasteiger partial charge in [0, 0.05) is 12.5 Å². The van der Waals surface area contributed by atoms with Gasteiger partial charge in [0.2, 0.25) is 11.8 Å². The zero-order valence-electron chi connectivity index (χ0n) is 12.9. The molecule has 0 aliphatic carbocycles. The van der Waals surface area contributed by atoms with E-state index in [1.807, 2.05) is 30.3 Å². The minimum absolute atomic E-state index is 0.00148.